The number of rotatable bonds is 7. The number of hydrogen-bond donors (Lipinski definition) is 1. The number of carbonyl (C=O) groups excluding carboxylic acids is 2. The maximum absolute atomic E-state index is 12.8. The molecule has 2 aromatic carbocycles. The van der Waals surface area contributed by atoms with Gasteiger partial charge in [0.1, 0.15) is 11.8 Å². The molecular weight excluding hydrogens is 374 g/mol. The maximum Gasteiger partial charge on any atom is 0.255 e. The van der Waals surface area contributed by atoms with Crippen LogP contribution in [0.3, 0.4) is 0 Å². The van der Waals surface area contributed by atoms with E-state index in [1.807, 2.05) is 18.2 Å². The fourth-order valence-electron chi connectivity index (χ4n) is 2.84. The summed E-state index contributed by atoms with van der Waals surface area (Å²) in [5, 5.41) is 11.4. The van der Waals surface area contributed by atoms with Crippen LogP contribution in [0, 0.1) is 11.3 Å². The van der Waals surface area contributed by atoms with Gasteiger partial charge in [0.25, 0.3) is 5.91 Å². The zero-order chi connectivity index (χ0) is 19.8. The van der Waals surface area contributed by atoms with E-state index < -0.39 is 6.04 Å². The van der Waals surface area contributed by atoms with Gasteiger partial charge in [0.15, 0.2) is 0 Å². The van der Waals surface area contributed by atoms with Crippen molar-refractivity contribution in [3.63, 3.8) is 0 Å². The van der Waals surface area contributed by atoms with Crippen LogP contribution in [0.15, 0.2) is 54.6 Å². The molecule has 0 aromatic heterocycles. The van der Waals surface area contributed by atoms with Crippen molar-refractivity contribution in [3.05, 3.63) is 60.2 Å². The summed E-state index contributed by atoms with van der Waals surface area (Å²) >= 11 is 1.56. The minimum Gasteiger partial charge on any atom is -0.493 e. The average molecular weight is 395 g/mol. The molecule has 3 rings (SSSR count). The highest BCUT2D eigenvalue weighted by atomic mass is 32.2. The van der Waals surface area contributed by atoms with Crippen molar-refractivity contribution in [2.45, 2.75) is 18.9 Å². The molecule has 7 heteroatoms. The number of carbonyl (C=O) groups is 2. The Kier molecular flexibility index (Phi) is 6.93. The highest BCUT2D eigenvalue weighted by Gasteiger charge is 2.35. The van der Waals surface area contributed by atoms with E-state index in [-0.39, 0.29) is 11.8 Å². The van der Waals surface area contributed by atoms with Crippen LogP contribution in [0.2, 0.25) is 0 Å². The standard InChI is InChI=1S/C21H21N3O3S/c22-11-4-5-12-27-18-10-6-9-17(13-18)23-20(25)19-14-28-15-24(19)21(26)16-7-2-1-3-8-16/h1-3,6-10,13,19H,4-5,12,14-15H2,(H,23,25). The molecular formula is C21H21N3O3S. The van der Waals surface area contributed by atoms with Crippen molar-refractivity contribution in [2.24, 2.45) is 0 Å². The van der Waals surface area contributed by atoms with Crippen molar-refractivity contribution in [1.29, 1.82) is 5.26 Å². The molecule has 0 spiro atoms. The number of thioether (sulfide) groups is 1. The lowest BCUT2D eigenvalue weighted by Crippen LogP contribution is -2.44. The number of nitrogens with zero attached hydrogens (tertiary/aromatic N) is 2. The Bertz CT molecular complexity index is 867. The van der Waals surface area contributed by atoms with Gasteiger partial charge in [0.2, 0.25) is 5.91 Å². The molecule has 1 atom stereocenters. The number of benzene rings is 2. The molecule has 0 saturated carbocycles. The largest absolute Gasteiger partial charge is 0.493 e. The Morgan fingerprint density at radius 3 is 2.82 bits per heavy atom. The molecule has 1 saturated heterocycles. The summed E-state index contributed by atoms with van der Waals surface area (Å²) in [7, 11) is 0. The molecule has 1 unspecified atom stereocenters. The van der Waals surface area contributed by atoms with Crippen LogP contribution in [0.1, 0.15) is 23.2 Å². The molecule has 28 heavy (non-hydrogen) atoms. The van der Waals surface area contributed by atoms with E-state index in [1.165, 1.54) is 0 Å². The Balaban J connectivity index is 1.62. The molecule has 6 nitrogen and oxygen atoms in total. The second kappa shape index (κ2) is 9.81. The van der Waals surface area contributed by atoms with Crippen molar-refractivity contribution < 1.29 is 14.3 Å². The number of nitriles is 1. The van der Waals surface area contributed by atoms with Crippen molar-refractivity contribution in [1.82, 2.24) is 4.90 Å². The first kappa shape index (κ1) is 19.8. The van der Waals surface area contributed by atoms with Gasteiger partial charge in [-0.2, -0.15) is 5.26 Å². The fraction of sp³-hybridized carbons (Fsp3) is 0.286. The third-order valence-electron chi connectivity index (χ3n) is 4.27. The van der Waals surface area contributed by atoms with Crippen LogP contribution in [0.25, 0.3) is 0 Å². The maximum atomic E-state index is 12.8. The number of unbranched alkanes of at least 4 members (excludes halogenated alkanes) is 1. The zero-order valence-corrected chi connectivity index (χ0v) is 16.2. The molecule has 0 radical (unpaired) electrons. The molecule has 1 aliphatic rings. The molecule has 0 aliphatic carbocycles. The molecule has 1 fully saturated rings. The summed E-state index contributed by atoms with van der Waals surface area (Å²) in [6.07, 6.45) is 1.10. The van der Waals surface area contributed by atoms with E-state index in [4.69, 9.17) is 10.00 Å². The predicted molar refractivity (Wildman–Crippen MR) is 109 cm³/mol. The van der Waals surface area contributed by atoms with E-state index in [0.29, 0.717) is 48.1 Å². The molecule has 1 heterocycles. The first-order chi connectivity index (χ1) is 13.7. The summed E-state index contributed by atoms with van der Waals surface area (Å²) in [6.45, 7) is 0.448. The van der Waals surface area contributed by atoms with Crippen molar-refractivity contribution in [2.75, 3.05) is 23.6 Å². The van der Waals surface area contributed by atoms with Gasteiger partial charge in [-0.25, -0.2) is 0 Å². The van der Waals surface area contributed by atoms with Gasteiger partial charge in [-0.15, -0.1) is 11.8 Å². The molecule has 1 aliphatic heterocycles. The highest BCUT2D eigenvalue weighted by molar-refractivity contribution is 7.99. The minimum absolute atomic E-state index is 0.139. The van der Waals surface area contributed by atoms with Crippen LogP contribution in [-0.2, 0) is 4.79 Å². The van der Waals surface area contributed by atoms with Crippen LogP contribution < -0.4 is 10.1 Å². The lowest BCUT2D eigenvalue weighted by atomic mass is 10.1. The monoisotopic (exact) mass is 395 g/mol. The third-order valence-corrected chi connectivity index (χ3v) is 5.28. The van der Waals surface area contributed by atoms with E-state index >= 15 is 0 Å². The van der Waals surface area contributed by atoms with Crippen LogP contribution in [-0.4, -0.2) is 41.0 Å². The Morgan fingerprint density at radius 1 is 1.21 bits per heavy atom. The molecule has 0 bridgehead atoms. The van der Waals surface area contributed by atoms with Gasteiger partial charge in [-0.3, -0.25) is 9.59 Å². The minimum atomic E-state index is -0.516. The SMILES string of the molecule is N#CCCCOc1cccc(NC(=O)C2CSCN2C(=O)c2ccccc2)c1. The third kappa shape index (κ3) is 5.05. The summed E-state index contributed by atoms with van der Waals surface area (Å²) in [6, 6.07) is 17.7. The Morgan fingerprint density at radius 2 is 2.04 bits per heavy atom. The van der Waals surface area contributed by atoms with E-state index in [0.717, 1.165) is 0 Å². The highest BCUT2D eigenvalue weighted by Crippen LogP contribution is 2.25. The molecule has 1 N–H and O–H groups in total. The number of nitrogens with one attached hydrogen (secondary N) is 1. The Labute approximate surface area is 168 Å². The van der Waals surface area contributed by atoms with Gasteiger partial charge in [0, 0.05) is 29.5 Å². The fourth-order valence-corrected chi connectivity index (χ4v) is 3.99. The summed E-state index contributed by atoms with van der Waals surface area (Å²) in [4.78, 5) is 27.1. The number of hydrogen-bond acceptors (Lipinski definition) is 5. The first-order valence-corrected chi connectivity index (χ1v) is 10.2. The smallest absolute Gasteiger partial charge is 0.255 e. The second-order valence-corrected chi connectivity index (χ2v) is 7.28. The predicted octanol–water partition coefficient (Wildman–Crippen LogP) is 3.52. The van der Waals surface area contributed by atoms with Gasteiger partial charge in [-0.05, 0) is 30.7 Å². The summed E-state index contributed by atoms with van der Waals surface area (Å²) in [5.74, 6) is 1.34. The Hall–Kier alpha value is -2.98. The lowest BCUT2D eigenvalue weighted by molar-refractivity contribution is -0.119. The first-order valence-electron chi connectivity index (χ1n) is 9.03. The second-order valence-electron chi connectivity index (χ2n) is 6.28. The molecule has 2 amide bonds. The summed E-state index contributed by atoms with van der Waals surface area (Å²) in [5.41, 5.74) is 1.20. The van der Waals surface area contributed by atoms with Gasteiger partial charge >= 0.3 is 0 Å². The van der Waals surface area contributed by atoms with Crippen molar-refractivity contribution >= 4 is 29.3 Å². The lowest BCUT2D eigenvalue weighted by Gasteiger charge is -2.23. The van der Waals surface area contributed by atoms with Crippen LogP contribution in [0.5, 0.6) is 5.75 Å². The molecule has 2 aromatic rings. The zero-order valence-electron chi connectivity index (χ0n) is 15.3. The van der Waals surface area contributed by atoms with E-state index in [9.17, 15) is 9.59 Å². The van der Waals surface area contributed by atoms with Crippen molar-refractivity contribution in [3.8, 4) is 11.8 Å². The number of ether oxygens (including phenoxy) is 1. The number of anilines is 1. The quantitative estimate of drug-likeness (QED) is 0.726. The van der Waals surface area contributed by atoms with Crippen LogP contribution in [0.4, 0.5) is 5.69 Å². The van der Waals surface area contributed by atoms with Gasteiger partial charge in [-0.1, -0.05) is 24.3 Å². The van der Waals surface area contributed by atoms with Gasteiger partial charge < -0.3 is 15.0 Å². The molecule has 144 valence electrons. The van der Waals surface area contributed by atoms with E-state index in [2.05, 4.69) is 11.4 Å². The van der Waals surface area contributed by atoms with Crippen LogP contribution >= 0.6 is 11.8 Å². The van der Waals surface area contributed by atoms with E-state index in [1.54, 1.807) is 53.1 Å². The summed E-state index contributed by atoms with van der Waals surface area (Å²) < 4.78 is 5.60. The van der Waals surface area contributed by atoms with Gasteiger partial charge in [0.05, 0.1) is 18.6 Å². The normalized spacial score (nSPS) is 15.7. The topological polar surface area (TPSA) is 82.4 Å². The number of amides is 2. The average Bonchev–Trinajstić information content (AvgIpc) is 3.22.